The van der Waals surface area contributed by atoms with Gasteiger partial charge in [0.2, 0.25) is 0 Å². The van der Waals surface area contributed by atoms with E-state index in [2.05, 4.69) is 17.1 Å². The van der Waals surface area contributed by atoms with Crippen molar-refractivity contribution in [2.75, 3.05) is 5.75 Å². The van der Waals surface area contributed by atoms with Crippen LogP contribution in [-0.2, 0) is 13.0 Å². The van der Waals surface area contributed by atoms with Crippen LogP contribution in [0.2, 0.25) is 0 Å². The van der Waals surface area contributed by atoms with Crippen LogP contribution in [0.3, 0.4) is 0 Å². The largest absolute Gasteiger partial charge is 0.484 e. The van der Waals surface area contributed by atoms with Crippen LogP contribution in [0.4, 0.5) is 4.39 Å². The van der Waals surface area contributed by atoms with Crippen molar-refractivity contribution in [1.29, 1.82) is 0 Å². The van der Waals surface area contributed by atoms with Crippen molar-refractivity contribution in [2.45, 2.75) is 25.2 Å². The molecule has 0 aliphatic carbocycles. The van der Waals surface area contributed by atoms with Crippen LogP contribution in [0.15, 0.2) is 58.2 Å². The number of hydrogen-bond acceptors (Lipinski definition) is 6. The van der Waals surface area contributed by atoms with Gasteiger partial charge >= 0.3 is 0 Å². The fourth-order valence-electron chi connectivity index (χ4n) is 2.17. The Balaban J connectivity index is 1.49. The summed E-state index contributed by atoms with van der Waals surface area (Å²) in [6.07, 6.45) is 0.938. The molecule has 0 amide bonds. The van der Waals surface area contributed by atoms with Crippen molar-refractivity contribution < 1.29 is 18.3 Å². The molecule has 0 atom stereocenters. The van der Waals surface area contributed by atoms with Gasteiger partial charge in [0, 0.05) is 5.56 Å². The van der Waals surface area contributed by atoms with Crippen LogP contribution in [0.1, 0.15) is 28.7 Å². The van der Waals surface area contributed by atoms with E-state index in [0.717, 1.165) is 6.42 Å². The van der Waals surface area contributed by atoms with Crippen LogP contribution >= 0.6 is 11.8 Å². The maximum atomic E-state index is 12.8. The molecule has 134 valence electrons. The summed E-state index contributed by atoms with van der Waals surface area (Å²) in [5, 5.41) is 8.07. The van der Waals surface area contributed by atoms with Gasteiger partial charge in [0.25, 0.3) is 11.1 Å². The first-order valence-electron chi connectivity index (χ1n) is 8.09. The van der Waals surface area contributed by atoms with Gasteiger partial charge in [-0.1, -0.05) is 43.0 Å². The first-order chi connectivity index (χ1) is 12.6. The third-order valence-electron chi connectivity index (χ3n) is 3.64. The SMILES string of the molecule is CCc1ccc(C(=O)CSc2nnc(COc3ccc(F)cc3)o2)cc1. The Kier molecular flexibility index (Phi) is 6.01. The summed E-state index contributed by atoms with van der Waals surface area (Å²) in [5.41, 5.74) is 1.85. The maximum absolute atomic E-state index is 12.8. The van der Waals surface area contributed by atoms with Crippen molar-refractivity contribution >= 4 is 17.5 Å². The molecule has 0 saturated carbocycles. The summed E-state index contributed by atoms with van der Waals surface area (Å²) in [4.78, 5) is 12.2. The van der Waals surface area contributed by atoms with E-state index in [1.165, 1.54) is 41.6 Å². The highest BCUT2D eigenvalue weighted by Crippen LogP contribution is 2.19. The predicted molar refractivity (Wildman–Crippen MR) is 95.9 cm³/mol. The van der Waals surface area contributed by atoms with Gasteiger partial charge < -0.3 is 9.15 Å². The standard InChI is InChI=1S/C19H17FN2O3S/c1-2-13-3-5-14(6-4-13)17(23)12-26-19-22-21-18(25-19)11-24-16-9-7-15(20)8-10-16/h3-10H,2,11-12H2,1H3. The van der Waals surface area contributed by atoms with Crippen LogP contribution in [-0.4, -0.2) is 21.7 Å². The number of halogens is 1. The Morgan fingerprint density at radius 1 is 1.12 bits per heavy atom. The van der Waals surface area contributed by atoms with E-state index in [0.29, 0.717) is 16.5 Å². The monoisotopic (exact) mass is 372 g/mol. The van der Waals surface area contributed by atoms with Crippen LogP contribution in [0, 0.1) is 5.82 Å². The van der Waals surface area contributed by atoms with Crippen molar-refractivity contribution in [3.05, 3.63) is 71.4 Å². The van der Waals surface area contributed by atoms with Crippen LogP contribution in [0.25, 0.3) is 0 Å². The molecule has 2 aromatic carbocycles. The molecule has 3 rings (SSSR count). The summed E-state index contributed by atoms with van der Waals surface area (Å²) >= 11 is 1.18. The van der Waals surface area contributed by atoms with Crippen molar-refractivity contribution in [1.82, 2.24) is 10.2 Å². The zero-order valence-corrected chi connectivity index (χ0v) is 15.0. The summed E-state index contributed by atoms with van der Waals surface area (Å²) < 4.78 is 23.7. The van der Waals surface area contributed by atoms with Gasteiger partial charge in [0.05, 0.1) is 5.75 Å². The van der Waals surface area contributed by atoms with Crippen LogP contribution < -0.4 is 4.74 Å². The molecule has 3 aromatic rings. The molecule has 7 heteroatoms. The molecule has 0 fully saturated rings. The zero-order valence-electron chi connectivity index (χ0n) is 14.1. The van der Waals surface area contributed by atoms with Gasteiger partial charge in [-0.15, -0.1) is 10.2 Å². The highest BCUT2D eigenvalue weighted by Gasteiger charge is 2.12. The Morgan fingerprint density at radius 2 is 1.85 bits per heavy atom. The lowest BCUT2D eigenvalue weighted by molar-refractivity contribution is 0.102. The van der Waals surface area contributed by atoms with Crippen molar-refractivity contribution in [3.8, 4) is 5.75 Å². The third-order valence-corrected chi connectivity index (χ3v) is 4.45. The second-order valence-corrected chi connectivity index (χ2v) is 6.39. The Morgan fingerprint density at radius 3 is 2.54 bits per heavy atom. The number of benzene rings is 2. The van der Waals surface area contributed by atoms with Gasteiger partial charge in [-0.3, -0.25) is 4.79 Å². The van der Waals surface area contributed by atoms with Crippen LogP contribution in [0.5, 0.6) is 5.75 Å². The minimum atomic E-state index is -0.331. The number of ether oxygens (including phenoxy) is 1. The van der Waals surface area contributed by atoms with E-state index >= 15 is 0 Å². The molecule has 1 aromatic heterocycles. The zero-order chi connectivity index (χ0) is 18.4. The van der Waals surface area contributed by atoms with E-state index in [4.69, 9.17) is 9.15 Å². The molecule has 0 aliphatic rings. The fraction of sp³-hybridized carbons (Fsp3) is 0.211. The van der Waals surface area contributed by atoms with E-state index in [-0.39, 0.29) is 29.9 Å². The first-order valence-corrected chi connectivity index (χ1v) is 9.08. The van der Waals surface area contributed by atoms with Crippen molar-refractivity contribution in [3.63, 3.8) is 0 Å². The molecule has 5 nitrogen and oxygen atoms in total. The number of rotatable bonds is 8. The molecule has 0 unspecified atom stereocenters. The third kappa shape index (κ3) is 4.92. The number of carbonyl (C=O) groups excluding carboxylic acids is 1. The number of thioether (sulfide) groups is 1. The lowest BCUT2D eigenvalue weighted by atomic mass is 10.1. The summed E-state index contributed by atoms with van der Waals surface area (Å²) in [5.74, 6) is 0.676. The predicted octanol–water partition coefficient (Wildman–Crippen LogP) is 4.33. The maximum Gasteiger partial charge on any atom is 0.277 e. The van der Waals surface area contributed by atoms with E-state index in [1.807, 2.05) is 24.3 Å². The number of nitrogens with zero attached hydrogens (tertiary/aromatic N) is 2. The summed E-state index contributed by atoms with van der Waals surface area (Å²) in [6.45, 7) is 2.14. The molecule has 0 aliphatic heterocycles. The quantitative estimate of drug-likeness (QED) is 0.433. The molecule has 1 heterocycles. The lowest BCUT2D eigenvalue weighted by Crippen LogP contribution is -2.02. The average Bonchev–Trinajstić information content (AvgIpc) is 3.13. The van der Waals surface area contributed by atoms with Gasteiger partial charge in [-0.05, 0) is 36.2 Å². The Hall–Kier alpha value is -2.67. The Bertz CT molecular complexity index is 863. The van der Waals surface area contributed by atoms with E-state index in [9.17, 15) is 9.18 Å². The minimum Gasteiger partial charge on any atom is -0.484 e. The summed E-state index contributed by atoms with van der Waals surface area (Å²) in [7, 11) is 0. The second-order valence-electron chi connectivity index (χ2n) is 5.47. The van der Waals surface area contributed by atoms with Gasteiger partial charge in [0.1, 0.15) is 11.6 Å². The number of Topliss-reactive ketones (excluding diaryl/α,β-unsaturated/α-hetero) is 1. The first kappa shape index (κ1) is 18.1. The average molecular weight is 372 g/mol. The molecular formula is C19H17FN2O3S. The molecule has 0 radical (unpaired) electrons. The highest BCUT2D eigenvalue weighted by molar-refractivity contribution is 7.99. The van der Waals surface area contributed by atoms with Crippen molar-refractivity contribution in [2.24, 2.45) is 0 Å². The van der Waals surface area contributed by atoms with Gasteiger partial charge in [0.15, 0.2) is 12.4 Å². The molecular weight excluding hydrogens is 355 g/mol. The highest BCUT2D eigenvalue weighted by atomic mass is 32.2. The Labute approximate surface area is 154 Å². The normalized spacial score (nSPS) is 10.7. The molecule has 0 bridgehead atoms. The topological polar surface area (TPSA) is 65.2 Å². The van der Waals surface area contributed by atoms with Gasteiger partial charge in [-0.2, -0.15) is 0 Å². The van der Waals surface area contributed by atoms with E-state index < -0.39 is 0 Å². The number of aromatic nitrogens is 2. The molecule has 0 N–H and O–H groups in total. The number of aryl methyl sites for hydroxylation is 1. The molecule has 26 heavy (non-hydrogen) atoms. The summed E-state index contributed by atoms with van der Waals surface area (Å²) in [6, 6.07) is 13.2. The number of carbonyl (C=O) groups is 1. The smallest absolute Gasteiger partial charge is 0.277 e. The second kappa shape index (κ2) is 8.62. The lowest BCUT2D eigenvalue weighted by Gasteiger charge is -2.02. The minimum absolute atomic E-state index is 0.0000322. The van der Waals surface area contributed by atoms with E-state index in [1.54, 1.807) is 0 Å². The molecule has 0 spiro atoms. The number of hydrogen-bond donors (Lipinski definition) is 0. The number of ketones is 1. The molecule has 0 saturated heterocycles. The van der Waals surface area contributed by atoms with Gasteiger partial charge in [-0.25, -0.2) is 4.39 Å². The fourth-order valence-corrected chi connectivity index (χ4v) is 2.84.